The number of esters is 1. The van der Waals surface area contributed by atoms with Crippen LogP contribution >= 0.6 is 0 Å². The van der Waals surface area contributed by atoms with Crippen molar-refractivity contribution in [1.82, 2.24) is 0 Å². The third-order valence-corrected chi connectivity index (χ3v) is 6.75. The zero-order valence-electron chi connectivity index (χ0n) is 23.8. The van der Waals surface area contributed by atoms with E-state index in [-0.39, 0.29) is 5.97 Å². The summed E-state index contributed by atoms with van der Waals surface area (Å²) in [5.74, 6) is 3.16. The van der Waals surface area contributed by atoms with Gasteiger partial charge in [-0.25, -0.2) is 4.79 Å². The second-order valence-corrected chi connectivity index (χ2v) is 10.8. The first-order chi connectivity index (χ1) is 18.0. The maximum absolute atomic E-state index is 12.5. The standard InChI is InChI=1S/C33H50O4/c1-5-6-7-8-9-10-11-12-25-35-31-20-22-32(23-21-31)37-33(34)29-16-18-30(19-17-29)36-26-24-28(4)15-13-14-27(2)3/h16-23,27-28H,5-15,24-26H2,1-4H3. The van der Waals surface area contributed by atoms with E-state index in [0.29, 0.717) is 23.8 Å². The Morgan fingerprint density at radius 2 is 1.16 bits per heavy atom. The lowest BCUT2D eigenvalue weighted by molar-refractivity contribution is 0.0734. The third kappa shape index (κ3) is 14.1. The quantitative estimate of drug-likeness (QED) is 0.101. The molecule has 0 aromatic heterocycles. The fourth-order valence-electron chi connectivity index (χ4n) is 4.28. The summed E-state index contributed by atoms with van der Waals surface area (Å²) in [6.07, 6.45) is 15.1. The summed E-state index contributed by atoms with van der Waals surface area (Å²) in [7, 11) is 0. The number of carbonyl (C=O) groups is 1. The Morgan fingerprint density at radius 3 is 1.78 bits per heavy atom. The monoisotopic (exact) mass is 510 g/mol. The predicted octanol–water partition coefficient (Wildman–Crippen LogP) is 9.66. The van der Waals surface area contributed by atoms with Crippen molar-refractivity contribution in [2.24, 2.45) is 11.8 Å². The summed E-state index contributed by atoms with van der Waals surface area (Å²) >= 11 is 0. The molecule has 0 aliphatic rings. The topological polar surface area (TPSA) is 44.8 Å². The summed E-state index contributed by atoms with van der Waals surface area (Å²) in [6, 6.07) is 14.4. The Labute approximate surface area is 226 Å². The van der Waals surface area contributed by atoms with Crippen molar-refractivity contribution in [3.05, 3.63) is 54.1 Å². The number of benzene rings is 2. The lowest BCUT2D eigenvalue weighted by Crippen LogP contribution is -2.09. The number of unbranched alkanes of at least 4 members (excludes halogenated alkanes) is 7. The van der Waals surface area contributed by atoms with Crippen molar-refractivity contribution in [1.29, 1.82) is 0 Å². The molecule has 0 N–H and O–H groups in total. The second-order valence-electron chi connectivity index (χ2n) is 10.8. The van der Waals surface area contributed by atoms with E-state index in [1.165, 1.54) is 64.2 Å². The number of carbonyl (C=O) groups excluding carboxylic acids is 1. The largest absolute Gasteiger partial charge is 0.494 e. The van der Waals surface area contributed by atoms with Crippen LogP contribution < -0.4 is 14.2 Å². The molecule has 1 atom stereocenters. The predicted molar refractivity (Wildman–Crippen MR) is 154 cm³/mol. The highest BCUT2D eigenvalue weighted by atomic mass is 16.5. The van der Waals surface area contributed by atoms with E-state index < -0.39 is 0 Å². The first-order valence-corrected chi connectivity index (χ1v) is 14.7. The van der Waals surface area contributed by atoms with E-state index in [2.05, 4.69) is 27.7 Å². The minimum atomic E-state index is -0.377. The molecule has 0 fully saturated rings. The number of ether oxygens (including phenoxy) is 3. The maximum Gasteiger partial charge on any atom is 0.343 e. The zero-order valence-corrected chi connectivity index (χ0v) is 23.8. The number of rotatable bonds is 20. The van der Waals surface area contributed by atoms with E-state index in [1.807, 2.05) is 24.3 Å². The van der Waals surface area contributed by atoms with Crippen LogP contribution in [0.1, 0.15) is 115 Å². The number of hydrogen-bond donors (Lipinski definition) is 0. The zero-order chi connectivity index (χ0) is 26.7. The lowest BCUT2D eigenvalue weighted by atomic mass is 9.98. The fourth-order valence-corrected chi connectivity index (χ4v) is 4.28. The Balaban J connectivity index is 1.63. The minimum absolute atomic E-state index is 0.377. The third-order valence-electron chi connectivity index (χ3n) is 6.75. The maximum atomic E-state index is 12.5. The Kier molecular flexibility index (Phi) is 15.5. The highest BCUT2D eigenvalue weighted by Crippen LogP contribution is 2.21. The summed E-state index contributed by atoms with van der Waals surface area (Å²) in [5, 5.41) is 0. The Morgan fingerprint density at radius 1 is 0.622 bits per heavy atom. The SMILES string of the molecule is CCCCCCCCCCOc1ccc(OC(=O)c2ccc(OCCC(C)CCCC(C)C)cc2)cc1. The van der Waals surface area contributed by atoms with Gasteiger partial charge in [-0.1, -0.05) is 91.9 Å². The molecule has 0 aliphatic carbocycles. The molecule has 2 aromatic carbocycles. The molecule has 0 amide bonds. The Bertz CT molecular complexity index is 842. The second kappa shape index (κ2) is 18.7. The van der Waals surface area contributed by atoms with E-state index in [9.17, 15) is 4.79 Å². The molecule has 0 radical (unpaired) electrons. The van der Waals surface area contributed by atoms with Crippen LogP contribution in [-0.4, -0.2) is 19.2 Å². The molecular weight excluding hydrogens is 460 g/mol. The van der Waals surface area contributed by atoms with Crippen LogP contribution in [-0.2, 0) is 0 Å². The Hall–Kier alpha value is -2.49. The fraction of sp³-hybridized carbons (Fsp3) is 0.606. The van der Waals surface area contributed by atoms with Gasteiger partial charge in [0.25, 0.3) is 0 Å². The summed E-state index contributed by atoms with van der Waals surface area (Å²) in [5.41, 5.74) is 0.504. The normalized spacial score (nSPS) is 11.9. The molecule has 206 valence electrons. The molecule has 0 saturated heterocycles. The van der Waals surface area contributed by atoms with Crippen LogP contribution in [0.4, 0.5) is 0 Å². The van der Waals surface area contributed by atoms with Gasteiger partial charge in [-0.3, -0.25) is 0 Å². The molecule has 0 bridgehead atoms. The van der Waals surface area contributed by atoms with E-state index in [4.69, 9.17) is 14.2 Å². The average Bonchev–Trinajstić information content (AvgIpc) is 2.89. The molecular formula is C33H50O4. The van der Waals surface area contributed by atoms with Crippen molar-refractivity contribution in [2.75, 3.05) is 13.2 Å². The van der Waals surface area contributed by atoms with Gasteiger partial charge in [0.2, 0.25) is 0 Å². The van der Waals surface area contributed by atoms with Gasteiger partial charge in [0.1, 0.15) is 17.2 Å². The summed E-state index contributed by atoms with van der Waals surface area (Å²) in [6.45, 7) is 10.5. The first-order valence-electron chi connectivity index (χ1n) is 14.7. The molecule has 4 nitrogen and oxygen atoms in total. The molecule has 0 saturated carbocycles. The van der Waals surface area contributed by atoms with Crippen LogP contribution in [0.25, 0.3) is 0 Å². The summed E-state index contributed by atoms with van der Waals surface area (Å²) < 4.78 is 17.2. The average molecular weight is 511 g/mol. The molecule has 2 rings (SSSR count). The lowest BCUT2D eigenvalue weighted by Gasteiger charge is -2.13. The smallest absolute Gasteiger partial charge is 0.343 e. The van der Waals surface area contributed by atoms with Crippen LogP contribution in [0.15, 0.2) is 48.5 Å². The highest BCUT2D eigenvalue weighted by Gasteiger charge is 2.10. The molecule has 4 heteroatoms. The van der Waals surface area contributed by atoms with E-state index >= 15 is 0 Å². The molecule has 1 unspecified atom stereocenters. The van der Waals surface area contributed by atoms with Gasteiger partial charge in [-0.2, -0.15) is 0 Å². The van der Waals surface area contributed by atoms with Gasteiger partial charge < -0.3 is 14.2 Å². The molecule has 0 heterocycles. The van der Waals surface area contributed by atoms with Crippen molar-refractivity contribution in [3.8, 4) is 17.2 Å². The van der Waals surface area contributed by atoms with Gasteiger partial charge in [0.15, 0.2) is 0 Å². The minimum Gasteiger partial charge on any atom is -0.494 e. The summed E-state index contributed by atoms with van der Waals surface area (Å²) in [4.78, 5) is 12.5. The van der Waals surface area contributed by atoms with Gasteiger partial charge >= 0.3 is 5.97 Å². The number of hydrogen-bond acceptors (Lipinski definition) is 4. The molecule has 37 heavy (non-hydrogen) atoms. The van der Waals surface area contributed by atoms with Crippen LogP contribution in [0.3, 0.4) is 0 Å². The van der Waals surface area contributed by atoms with Gasteiger partial charge in [-0.05, 0) is 73.2 Å². The molecule has 0 aliphatic heterocycles. The highest BCUT2D eigenvalue weighted by molar-refractivity contribution is 5.91. The molecule has 2 aromatic rings. The van der Waals surface area contributed by atoms with Gasteiger partial charge in [0.05, 0.1) is 18.8 Å². The van der Waals surface area contributed by atoms with E-state index in [0.717, 1.165) is 36.9 Å². The van der Waals surface area contributed by atoms with Crippen molar-refractivity contribution in [3.63, 3.8) is 0 Å². The first kappa shape index (κ1) is 30.7. The van der Waals surface area contributed by atoms with Crippen molar-refractivity contribution >= 4 is 5.97 Å². The van der Waals surface area contributed by atoms with Gasteiger partial charge in [-0.15, -0.1) is 0 Å². The van der Waals surface area contributed by atoms with E-state index in [1.54, 1.807) is 24.3 Å². The van der Waals surface area contributed by atoms with Crippen LogP contribution in [0, 0.1) is 11.8 Å². The van der Waals surface area contributed by atoms with Crippen molar-refractivity contribution in [2.45, 2.75) is 105 Å². The van der Waals surface area contributed by atoms with Crippen LogP contribution in [0.5, 0.6) is 17.2 Å². The van der Waals surface area contributed by atoms with Crippen LogP contribution in [0.2, 0.25) is 0 Å². The van der Waals surface area contributed by atoms with Gasteiger partial charge in [0, 0.05) is 0 Å². The van der Waals surface area contributed by atoms with Crippen molar-refractivity contribution < 1.29 is 19.0 Å². The molecule has 0 spiro atoms.